The summed E-state index contributed by atoms with van der Waals surface area (Å²) < 4.78 is 9.73. The highest BCUT2D eigenvalue weighted by Gasteiger charge is 2.15. The van der Waals surface area contributed by atoms with Crippen LogP contribution >= 0.6 is 23.2 Å². The van der Waals surface area contributed by atoms with Gasteiger partial charge in [0.15, 0.2) is 0 Å². The van der Waals surface area contributed by atoms with Crippen molar-refractivity contribution in [3.8, 4) is 5.75 Å². The van der Waals surface area contributed by atoms with Gasteiger partial charge in [-0.25, -0.2) is 0 Å². The van der Waals surface area contributed by atoms with Crippen molar-refractivity contribution < 1.29 is 14.3 Å². The first-order valence-electron chi connectivity index (χ1n) is 5.33. The molecule has 0 aliphatic carbocycles. The molecule has 0 aliphatic heterocycles. The lowest BCUT2D eigenvalue weighted by Gasteiger charge is -2.11. The number of halogens is 2. The Morgan fingerprint density at radius 2 is 2.17 bits per heavy atom. The van der Waals surface area contributed by atoms with Gasteiger partial charge in [0.25, 0.3) is 0 Å². The highest BCUT2D eigenvalue weighted by Crippen LogP contribution is 2.22. The third-order valence-corrected chi connectivity index (χ3v) is 2.91. The molecule has 1 unspecified atom stereocenters. The van der Waals surface area contributed by atoms with E-state index in [1.54, 1.807) is 25.3 Å². The summed E-state index contributed by atoms with van der Waals surface area (Å²) in [6.45, 7) is 0.813. The fraction of sp³-hybridized carbons (Fsp3) is 0.417. The number of hydrogen-bond donors (Lipinski definition) is 1. The lowest BCUT2D eigenvalue weighted by Crippen LogP contribution is -2.29. The number of carbonyl (C=O) groups excluding carboxylic acids is 1. The van der Waals surface area contributed by atoms with Crippen molar-refractivity contribution >= 4 is 29.2 Å². The van der Waals surface area contributed by atoms with E-state index in [4.69, 9.17) is 27.9 Å². The summed E-state index contributed by atoms with van der Waals surface area (Å²) >= 11 is 11.7. The van der Waals surface area contributed by atoms with Crippen LogP contribution in [-0.4, -0.2) is 32.1 Å². The van der Waals surface area contributed by atoms with Gasteiger partial charge in [-0.2, -0.15) is 0 Å². The maximum atomic E-state index is 11.1. The fourth-order valence-electron chi connectivity index (χ4n) is 1.43. The van der Waals surface area contributed by atoms with Crippen LogP contribution in [0.3, 0.4) is 0 Å². The van der Waals surface area contributed by atoms with Crippen LogP contribution < -0.4 is 10.1 Å². The predicted octanol–water partition coefficient (Wildman–Crippen LogP) is 2.22. The van der Waals surface area contributed by atoms with E-state index in [9.17, 15) is 4.79 Å². The van der Waals surface area contributed by atoms with Crippen LogP contribution in [0.25, 0.3) is 0 Å². The number of rotatable bonds is 6. The average Bonchev–Trinajstić information content (AvgIpc) is 2.38. The first-order chi connectivity index (χ1) is 8.58. The topological polar surface area (TPSA) is 47.6 Å². The molecule has 0 saturated carbocycles. The van der Waals surface area contributed by atoms with E-state index >= 15 is 0 Å². The molecule has 0 saturated heterocycles. The van der Waals surface area contributed by atoms with Crippen molar-refractivity contribution in [1.29, 1.82) is 0 Å². The number of hydrogen-bond acceptors (Lipinski definition) is 4. The molecule has 6 heteroatoms. The summed E-state index contributed by atoms with van der Waals surface area (Å²) in [6, 6.07) is 5.34. The van der Waals surface area contributed by atoms with Crippen LogP contribution in [0.15, 0.2) is 18.2 Å². The molecule has 0 aliphatic rings. The van der Waals surface area contributed by atoms with E-state index in [1.807, 2.05) is 0 Å². The van der Waals surface area contributed by atoms with Crippen LogP contribution in [-0.2, 0) is 16.1 Å². The molecule has 4 nitrogen and oxygen atoms in total. The molecule has 0 spiro atoms. The molecule has 0 radical (unpaired) electrons. The molecule has 1 N–H and O–H groups in total. The van der Waals surface area contributed by atoms with Gasteiger partial charge in [-0.1, -0.05) is 11.6 Å². The van der Waals surface area contributed by atoms with Crippen molar-refractivity contribution in [3.63, 3.8) is 0 Å². The average molecular weight is 292 g/mol. The minimum absolute atomic E-state index is 0.309. The summed E-state index contributed by atoms with van der Waals surface area (Å²) in [5, 5.41) is 2.97. The third kappa shape index (κ3) is 4.37. The summed E-state index contributed by atoms with van der Waals surface area (Å²) in [4.78, 5) is 11.1. The van der Waals surface area contributed by atoms with E-state index < -0.39 is 11.3 Å². The van der Waals surface area contributed by atoms with Crippen molar-refractivity contribution in [2.75, 3.05) is 20.8 Å². The van der Waals surface area contributed by atoms with E-state index in [-0.39, 0.29) is 0 Å². The first kappa shape index (κ1) is 15.1. The molecule has 100 valence electrons. The van der Waals surface area contributed by atoms with Crippen molar-refractivity contribution in [2.24, 2.45) is 0 Å². The molecule has 1 rings (SSSR count). The van der Waals surface area contributed by atoms with Crippen LogP contribution in [0.4, 0.5) is 0 Å². The molecular formula is C12H15Cl2NO3. The van der Waals surface area contributed by atoms with Crippen LogP contribution in [0.1, 0.15) is 5.56 Å². The Bertz CT molecular complexity index is 412. The Balaban J connectivity index is 2.53. The zero-order valence-electron chi connectivity index (χ0n) is 10.2. The second kappa shape index (κ2) is 7.46. The summed E-state index contributed by atoms with van der Waals surface area (Å²) in [7, 11) is 2.89. The Hall–Kier alpha value is -0.970. The zero-order valence-corrected chi connectivity index (χ0v) is 11.7. The first-order valence-corrected chi connectivity index (χ1v) is 6.15. The maximum Gasteiger partial charge on any atom is 0.325 e. The van der Waals surface area contributed by atoms with Gasteiger partial charge in [-0.15, -0.1) is 11.6 Å². The molecule has 0 heterocycles. The van der Waals surface area contributed by atoms with Gasteiger partial charge in [0, 0.05) is 23.7 Å². The maximum absolute atomic E-state index is 11.1. The number of ether oxygens (including phenoxy) is 2. The molecule has 1 aromatic rings. The predicted molar refractivity (Wildman–Crippen MR) is 71.4 cm³/mol. The number of nitrogens with one attached hydrogen (secondary N) is 1. The fourth-order valence-corrected chi connectivity index (χ4v) is 1.82. The standard InChI is InChI=1S/C12H15Cl2NO3/c1-17-11-4-3-9(13)5-8(11)6-15-7-10(14)12(16)18-2/h3-5,10,15H,6-7H2,1-2H3. The van der Waals surface area contributed by atoms with E-state index in [0.717, 1.165) is 11.3 Å². The quantitative estimate of drug-likeness (QED) is 0.645. The SMILES string of the molecule is COC(=O)C(Cl)CNCc1cc(Cl)ccc1OC. The minimum atomic E-state index is -0.708. The largest absolute Gasteiger partial charge is 0.496 e. The normalized spacial score (nSPS) is 12.0. The van der Waals surface area contributed by atoms with Crippen LogP contribution in [0.2, 0.25) is 5.02 Å². The zero-order chi connectivity index (χ0) is 13.5. The summed E-state index contributed by atoms with van der Waals surface area (Å²) in [5.74, 6) is 0.276. The monoisotopic (exact) mass is 291 g/mol. The number of benzene rings is 1. The Kier molecular flexibility index (Phi) is 6.25. The van der Waals surface area contributed by atoms with Gasteiger partial charge in [0.2, 0.25) is 0 Å². The molecular weight excluding hydrogens is 277 g/mol. The van der Waals surface area contributed by atoms with Crippen molar-refractivity contribution in [1.82, 2.24) is 5.32 Å². The van der Waals surface area contributed by atoms with Gasteiger partial charge in [-0.05, 0) is 18.2 Å². The van der Waals surface area contributed by atoms with Crippen LogP contribution in [0.5, 0.6) is 5.75 Å². The second-order valence-electron chi connectivity index (χ2n) is 3.58. The molecule has 1 aromatic carbocycles. The summed E-state index contributed by atoms with van der Waals surface area (Å²) in [6.07, 6.45) is 0. The third-order valence-electron chi connectivity index (χ3n) is 2.34. The van der Waals surface area contributed by atoms with Crippen molar-refractivity contribution in [2.45, 2.75) is 11.9 Å². The molecule has 1 atom stereocenters. The molecule has 0 aromatic heterocycles. The van der Waals surface area contributed by atoms with Gasteiger partial charge in [0.05, 0.1) is 14.2 Å². The Labute approximate surface area is 116 Å². The number of esters is 1. The minimum Gasteiger partial charge on any atom is -0.496 e. The second-order valence-corrected chi connectivity index (χ2v) is 4.54. The van der Waals surface area contributed by atoms with Gasteiger partial charge in [-0.3, -0.25) is 4.79 Å². The van der Waals surface area contributed by atoms with Gasteiger partial charge < -0.3 is 14.8 Å². The highest BCUT2D eigenvalue weighted by atomic mass is 35.5. The van der Waals surface area contributed by atoms with E-state index in [1.165, 1.54) is 7.11 Å². The van der Waals surface area contributed by atoms with Crippen LogP contribution in [0, 0.1) is 0 Å². The number of carbonyl (C=O) groups is 1. The Morgan fingerprint density at radius 1 is 1.44 bits per heavy atom. The van der Waals surface area contributed by atoms with Gasteiger partial charge >= 0.3 is 5.97 Å². The molecule has 0 fully saturated rings. The highest BCUT2D eigenvalue weighted by molar-refractivity contribution is 6.30. The number of alkyl halides is 1. The molecule has 18 heavy (non-hydrogen) atoms. The molecule has 0 bridgehead atoms. The Morgan fingerprint density at radius 3 is 2.78 bits per heavy atom. The van der Waals surface area contributed by atoms with E-state index in [0.29, 0.717) is 18.1 Å². The number of methoxy groups -OCH3 is 2. The smallest absolute Gasteiger partial charge is 0.325 e. The van der Waals surface area contributed by atoms with Crippen molar-refractivity contribution in [3.05, 3.63) is 28.8 Å². The summed E-state index contributed by atoms with van der Waals surface area (Å²) in [5.41, 5.74) is 0.902. The molecule has 0 amide bonds. The van der Waals surface area contributed by atoms with E-state index in [2.05, 4.69) is 10.1 Å². The lowest BCUT2D eigenvalue weighted by atomic mass is 10.2. The lowest BCUT2D eigenvalue weighted by molar-refractivity contribution is -0.140. The van der Waals surface area contributed by atoms with Gasteiger partial charge in [0.1, 0.15) is 11.1 Å².